The van der Waals surface area contributed by atoms with Crippen molar-refractivity contribution in [1.29, 1.82) is 0 Å². The Balaban J connectivity index is -0.0000000178. The van der Waals surface area contributed by atoms with Crippen molar-refractivity contribution < 1.29 is 77.3 Å². The average molecular weight is 335 g/mol. The van der Waals surface area contributed by atoms with Crippen LogP contribution in [0.3, 0.4) is 0 Å². The molecule has 14 heavy (non-hydrogen) atoms. The van der Waals surface area contributed by atoms with E-state index in [0.717, 1.165) is 0 Å². The molecular formula is H2Be2O8Si2Zn2. The fourth-order valence-electron chi connectivity index (χ4n) is 0. The monoisotopic (exact) mass is 332 g/mol. The second kappa shape index (κ2) is 14.7. The molecule has 8 nitrogen and oxygen atoms in total. The molecule has 0 aliphatic heterocycles. The molecule has 0 aliphatic carbocycles. The Bertz CT molecular complexity index is 66.3. The molecule has 0 rings (SSSR count). The van der Waals surface area contributed by atoms with E-state index in [1.54, 1.807) is 0 Å². The topological polar surface area (TPSA) is 179 Å². The molecule has 2 N–H and O–H groups in total. The van der Waals surface area contributed by atoms with E-state index in [-0.39, 0.29) is 59.2 Å². The summed E-state index contributed by atoms with van der Waals surface area (Å²) in [6.07, 6.45) is 0. The van der Waals surface area contributed by atoms with Gasteiger partial charge in [0, 0.05) is 19.5 Å². The van der Waals surface area contributed by atoms with Gasteiger partial charge in [-0.1, -0.05) is 0 Å². The zero-order valence-corrected chi connectivity index (χ0v) is 15.1. The molecule has 0 saturated heterocycles. The molecule has 0 aromatic carbocycles. The van der Waals surface area contributed by atoms with Crippen molar-refractivity contribution in [3.05, 3.63) is 0 Å². The van der Waals surface area contributed by atoms with Gasteiger partial charge in [0.2, 0.25) is 0 Å². The van der Waals surface area contributed by atoms with Crippen LogP contribution in [0.1, 0.15) is 0 Å². The maximum Gasteiger partial charge on any atom is 2.00 e. The molecule has 0 aromatic heterocycles. The normalized spacial score (nSPS) is 8.57. The predicted octanol–water partition coefficient (Wildman–Crippen LogP) is -9.78. The summed E-state index contributed by atoms with van der Waals surface area (Å²) in [5, 5.41) is 0. The molecule has 66 valence electrons. The Morgan fingerprint density at radius 2 is 0.714 bits per heavy atom. The van der Waals surface area contributed by atoms with Gasteiger partial charge in [0.1, 0.15) is 9.05 Å². The van der Waals surface area contributed by atoms with Crippen molar-refractivity contribution in [2.45, 2.75) is 0 Å². The SMILES string of the molecule is [Be+2].[Be+2].[O-][Si]([O-])(O)O.[O-][Si]([O-])([O-])[O-].[Zn+2].[Zn]. The summed E-state index contributed by atoms with van der Waals surface area (Å²) >= 11 is 0. The quantitative estimate of drug-likeness (QED) is 0.409. The van der Waals surface area contributed by atoms with Crippen molar-refractivity contribution in [3.8, 4) is 0 Å². The molecule has 0 heterocycles. The first-order chi connectivity index (χ1) is 4.00. The molecule has 0 unspecified atom stereocenters. The van der Waals surface area contributed by atoms with E-state index in [4.69, 9.17) is 38.4 Å². The van der Waals surface area contributed by atoms with Gasteiger partial charge >= 0.3 is 39.7 Å². The van der Waals surface area contributed by atoms with Gasteiger partial charge in [-0.2, -0.15) is 0 Å². The Kier molecular flexibility index (Phi) is 37.9. The molecular weight excluding hydrogens is 333 g/mol. The standard InChI is InChI=1S/2Be.H2O4Si.O4Si.2Zn/c;;2*1-5(2,3)4;;/h;;1-2H;;;/q2*+2;-2;-4;;+2. The van der Waals surface area contributed by atoms with Gasteiger partial charge < -0.3 is 47.4 Å². The summed E-state index contributed by atoms with van der Waals surface area (Å²) in [6, 6.07) is 0. The second-order valence-electron chi connectivity index (χ2n) is 1.05. The van der Waals surface area contributed by atoms with E-state index in [1.807, 2.05) is 0 Å². The van der Waals surface area contributed by atoms with E-state index in [1.165, 1.54) is 0 Å². The molecule has 0 saturated carbocycles. The van der Waals surface area contributed by atoms with E-state index >= 15 is 0 Å². The van der Waals surface area contributed by atoms with Gasteiger partial charge in [-0.3, -0.25) is 0 Å². The van der Waals surface area contributed by atoms with Crippen molar-refractivity contribution in [2.75, 3.05) is 0 Å². The number of rotatable bonds is 0. The summed E-state index contributed by atoms with van der Waals surface area (Å²) < 4.78 is 0. The molecule has 0 atom stereocenters. The zero-order chi connectivity index (χ0) is 9.00. The first kappa shape index (κ1) is 36.1. The Morgan fingerprint density at radius 1 is 0.714 bits per heavy atom. The fourth-order valence-corrected chi connectivity index (χ4v) is 0. The minimum Gasteiger partial charge on any atom is -0.894 e. The molecule has 0 fully saturated rings. The van der Waals surface area contributed by atoms with Gasteiger partial charge in [-0.05, 0) is 0 Å². The van der Waals surface area contributed by atoms with Crippen LogP contribution in [0.15, 0.2) is 0 Å². The van der Waals surface area contributed by atoms with Crippen molar-refractivity contribution >= 4 is 38.3 Å². The summed E-state index contributed by atoms with van der Waals surface area (Å²) in [4.78, 5) is 66.1. The smallest absolute Gasteiger partial charge is 0.894 e. The Morgan fingerprint density at radius 3 is 0.714 bits per heavy atom. The van der Waals surface area contributed by atoms with Crippen molar-refractivity contribution in [1.82, 2.24) is 0 Å². The van der Waals surface area contributed by atoms with Gasteiger partial charge in [0.15, 0.2) is 0 Å². The van der Waals surface area contributed by atoms with Crippen LogP contribution >= 0.6 is 0 Å². The fraction of sp³-hybridized carbons (Fsp3) is 0. The second-order valence-corrected chi connectivity index (χ2v) is 3.15. The third kappa shape index (κ3) is 766. The van der Waals surface area contributed by atoms with Crippen LogP contribution in [0.2, 0.25) is 0 Å². The first-order valence-corrected chi connectivity index (χ1v) is 5.02. The van der Waals surface area contributed by atoms with Crippen LogP contribution in [0.25, 0.3) is 0 Å². The summed E-state index contributed by atoms with van der Waals surface area (Å²) in [6.45, 7) is 0. The van der Waals surface area contributed by atoms with Crippen molar-refractivity contribution in [3.63, 3.8) is 0 Å². The van der Waals surface area contributed by atoms with Gasteiger partial charge in [-0.25, -0.2) is 0 Å². The molecule has 0 spiro atoms. The van der Waals surface area contributed by atoms with Crippen molar-refractivity contribution in [2.24, 2.45) is 0 Å². The van der Waals surface area contributed by atoms with Crippen LogP contribution < -0.4 is 28.8 Å². The summed E-state index contributed by atoms with van der Waals surface area (Å²) in [7, 11) is -10.7. The van der Waals surface area contributed by atoms with E-state index < -0.39 is 18.1 Å². The third-order valence-electron chi connectivity index (χ3n) is 0. The molecule has 0 bridgehead atoms. The molecule has 0 aliphatic rings. The summed E-state index contributed by atoms with van der Waals surface area (Å²) in [5.74, 6) is 0. The van der Waals surface area contributed by atoms with Crippen LogP contribution in [0, 0.1) is 0 Å². The van der Waals surface area contributed by atoms with E-state index in [9.17, 15) is 0 Å². The molecule has 0 amide bonds. The maximum atomic E-state index is 8.80. The number of hydrogen-bond donors (Lipinski definition) is 2. The average Bonchev–Trinajstić information content (AvgIpc) is 1.12. The summed E-state index contributed by atoms with van der Waals surface area (Å²) in [5.41, 5.74) is 0. The minimum absolute atomic E-state index is 0. The largest absolute Gasteiger partial charge is 2.00 e. The first-order valence-electron chi connectivity index (χ1n) is 1.67. The molecule has 0 radical (unpaired) electrons. The van der Waals surface area contributed by atoms with Gasteiger partial charge in [0.05, 0.1) is 0 Å². The molecule has 0 aromatic rings. The van der Waals surface area contributed by atoms with Gasteiger partial charge in [0.25, 0.3) is 0 Å². The Hall–Kier alpha value is 1.70. The van der Waals surface area contributed by atoms with Gasteiger partial charge in [-0.15, -0.1) is 0 Å². The van der Waals surface area contributed by atoms with Crippen LogP contribution in [-0.4, -0.2) is 47.9 Å². The maximum absolute atomic E-state index is 8.80. The van der Waals surface area contributed by atoms with E-state index in [2.05, 4.69) is 0 Å². The zero-order valence-electron chi connectivity index (χ0n) is 7.17. The van der Waals surface area contributed by atoms with E-state index in [0.29, 0.717) is 0 Å². The predicted molar refractivity (Wildman–Crippen MR) is 27.5 cm³/mol. The Labute approximate surface area is 115 Å². The third-order valence-corrected chi connectivity index (χ3v) is 0. The number of hydrogen-bond acceptors (Lipinski definition) is 8. The minimum atomic E-state index is -5.61. The van der Waals surface area contributed by atoms with Crippen LogP contribution in [-0.2, 0) is 39.0 Å². The molecule has 14 heteroatoms. The van der Waals surface area contributed by atoms with Crippen LogP contribution in [0.5, 0.6) is 0 Å². The van der Waals surface area contributed by atoms with Crippen LogP contribution in [0.4, 0.5) is 0 Å².